The molecule has 0 fully saturated rings. The first-order valence-corrected chi connectivity index (χ1v) is 5.11. The average Bonchev–Trinajstić information content (AvgIpc) is 2.44. The molecule has 0 unspecified atom stereocenters. The molecule has 2 rings (SSSR count). The highest BCUT2D eigenvalue weighted by molar-refractivity contribution is 6.30. The fourth-order valence-electron chi connectivity index (χ4n) is 1.52. The summed E-state index contributed by atoms with van der Waals surface area (Å²) in [5, 5.41) is 0.918. The molecule has 15 heavy (non-hydrogen) atoms. The van der Waals surface area contributed by atoms with Crippen molar-refractivity contribution in [2.45, 2.75) is 26.2 Å². The number of fused-ring (bicyclic) bond motifs is 1. The lowest BCUT2D eigenvalue weighted by molar-refractivity contribution is 0.588. The molecule has 0 saturated carbocycles. The van der Waals surface area contributed by atoms with E-state index < -0.39 is 0 Å². The lowest BCUT2D eigenvalue weighted by Gasteiger charge is -2.19. The summed E-state index contributed by atoms with van der Waals surface area (Å²) in [7, 11) is 0. The Morgan fingerprint density at radius 2 is 2.07 bits per heavy atom. The van der Waals surface area contributed by atoms with Crippen LogP contribution in [-0.2, 0) is 5.41 Å². The molecule has 0 aliphatic heterocycles. The number of hydrogen-bond donors (Lipinski definition) is 1. The van der Waals surface area contributed by atoms with Crippen LogP contribution in [0, 0.1) is 5.82 Å². The molecular weight excluding hydrogens is 215 g/mol. The second kappa shape index (κ2) is 3.20. The van der Waals surface area contributed by atoms with Gasteiger partial charge < -0.3 is 4.98 Å². The average molecular weight is 227 g/mol. The van der Waals surface area contributed by atoms with E-state index in [-0.39, 0.29) is 11.2 Å². The van der Waals surface area contributed by atoms with Crippen LogP contribution in [0.5, 0.6) is 0 Å². The number of nitrogens with zero attached hydrogens (tertiary/aromatic N) is 1. The minimum Gasteiger partial charge on any atom is -0.343 e. The van der Waals surface area contributed by atoms with Gasteiger partial charge in [-0.3, -0.25) is 0 Å². The molecule has 2 aromatic rings. The topological polar surface area (TPSA) is 28.7 Å². The van der Waals surface area contributed by atoms with Crippen molar-refractivity contribution in [2.75, 3.05) is 0 Å². The van der Waals surface area contributed by atoms with Gasteiger partial charge in [0, 0.05) is 6.20 Å². The molecule has 0 aliphatic rings. The van der Waals surface area contributed by atoms with E-state index in [0.29, 0.717) is 16.2 Å². The van der Waals surface area contributed by atoms with Crippen molar-refractivity contribution >= 4 is 22.6 Å². The zero-order valence-electron chi connectivity index (χ0n) is 8.86. The Balaban J connectivity index is 2.76. The Labute approximate surface area is 92.5 Å². The van der Waals surface area contributed by atoms with Gasteiger partial charge in [-0.1, -0.05) is 32.4 Å². The summed E-state index contributed by atoms with van der Waals surface area (Å²) in [5.74, 6) is -0.292. The summed E-state index contributed by atoms with van der Waals surface area (Å²) in [5.41, 5.74) is 1.21. The Bertz CT molecular complexity index is 511. The molecule has 1 N–H and O–H groups in total. The number of nitrogens with one attached hydrogen (secondary N) is 1. The van der Waals surface area contributed by atoms with Crippen LogP contribution < -0.4 is 0 Å². The highest BCUT2D eigenvalue weighted by Crippen LogP contribution is 2.31. The van der Waals surface area contributed by atoms with Crippen molar-refractivity contribution in [3.8, 4) is 0 Å². The van der Waals surface area contributed by atoms with Crippen molar-refractivity contribution in [1.29, 1.82) is 0 Å². The maximum Gasteiger partial charge on any atom is 0.150 e. The van der Waals surface area contributed by atoms with Gasteiger partial charge in [0.15, 0.2) is 0 Å². The molecule has 4 heteroatoms. The summed E-state index contributed by atoms with van der Waals surface area (Å²) in [6.07, 6.45) is 1.29. The molecule has 2 heterocycles. The van der Waals surface area contributed by atoms with Crippen LogP contribution in [0.15, 0.2) is 12.3 Å². The third-order valence-corrected chi connectivity index (χ3v) is 2.67. The van der Waals surface area contributed by atoms with Crippen molar-refractivity contribution in [3.05, 3.63) is 28.8 Å². The molecule has 2 nitrogen and oxygen atoms in total. The number of aromatic nitrogens is 2. The van der Waals surface area contributed by atoms with Gasteiger partial charge >= 0.3 is 0 Å². The molecule has 80 valence electrons. The Kier molecular flexibility index (Phi) is 2.23. The maximum atomic E-state index is 13.3. The quantitative estimate of drug-likeness (QED) is 0.683. The predicted octanol–water partition coefficient (Wildman–Crippen LogP) is 3.65. The highest BCUT2D eigenvalue weighted by atomic mass is 35.5. The monoisotopic (exact) mass is 226 g/mol. The Morgan fingerprint density at radius 3 is 2.67 bits per heavy atom. The first-order chi connectivity index (χ1) is 6.89. The van der Waals surface area contributed by atoms with E-state index in [1.54, 1.807) is 6.07 Å². The minimum atomic E-state index is -0.292. The molecule has 0 bridgehead atoms. The lowest BCUT2D eigenvalue weighted by atomic mass is 9.88. The van der Waals surface area contributed by atoms with E-state index in [1.807, 2.05) is 20.8 Å². The van der Waals surface area contributed by atoms with Gasteiger partial charge in [0.05, 0.1) is 5.39 Å². The normalized spacial score (nSPS) is 12.3. The SMILES string of the molecule is CC(C)(C)c1cc2c(F)c[nH]c2nc1Cl. The zero-order chi connectivity index (χ0) is 11.2. The summed E-state index contributed by atoms with van der Waals surface area (Å²) in [6.45, 7) is 6.06. The van der Waals surface area contributed by atoms with E-state index in [2.05, 4.69) is 9.97 Å². The van der Waals surface area contributed by atoms with Crippen LogP contribution in [0.1, 0.15) is 26.3 Å². The molecule has 0 aliphatic carbocycles. The number of hydrogen-bond acceptors (Lipinski definition) is 1. The number of H-pyrrole nitrogens is 1. The third-order valence-electron chi connectivity index (χ3n) is 2.38. The number of pyridine rings is 1. The summed E-state index contributed by atoms with van der Waals surface area (Å²) >= 11 is 6.04. The van der Waals surface area contributed by atoms with Crippen molar-refractivity contribution < 1.29 is 4.39 Å². The summed E-state index contributed by atoms with van der Waals surface area (Å²) in [4.78, 5) is 6.87. The number of halogens is 2. The fraction of sp³-hybridized carbons (Fsp3) is 0.364. The van der Waals surface area contributed by atoms with Crippen LogP contribution in [0.25, 0.3) is 11.0 Å². The number of rotatable bonds is 0. The van der Waals surface area contributed by atoms with E-state index in [1.165, 1.54) is 6.20 Å². The van der Waals surface area contributed by atoms with E-state index in [4.69, 9.17) is 11.6 Å². The predicted molar refractivity (Wildman–Crippen MR) is 59.8 cm³/mol. The molecule has 0 aromatic carbocycles. The largest absolute Gasteiger partial charge is 0.343 e. The van der Waals surface area contributed by atoms with Gasteiger partial charge in [0.1, 0.15) is 16.6 Å². The molecule has 0 amide bonds. The Hall–Kier alpha value is -1.09. The van der Waals surface area contributed by atoms with E-state index >= 15 is 0 Å². The second-order valence-electron chi connectivity index (χ2n) is 4.61. The summed E-state index contributed by atoms with van der Waals surface area (Å²) < 4.78 is 13.3. The molecule has 0 spiro atoms. The third kappa shape index (κ3) is 1.72. The summed E-state index contributed by atoms with van der Waals surface area (Å²) in [6, 6.07) is 1.76. The minimum absolute atomic E-state index is 0.137. The first-order valence-electron chi connectivity index (χ1n) is 4.73. The molecular formula is C11H12ClFN2. The van der Waals surface area contributed by atoms with Gasteiger partial charge in [-0.05, 0) is 17.0 Å². The van der Waals surface area contributed by atoms with Crippen LogP contribution in [0.2, 0.25) is 5.15 Å². The zero-order valence-corrected chi connectivity index (χ0v) is 9.61. The van der Waals surface area contributed by atoms with Crippen molar-refractivity contribution in [1.82, 2.24) is 9.97 Å². The second-order valence-corrected chi connectivity index (χ2v) is 4.97. The molecule has 2 aromatic heterocycles. The molecule has 0 radical (unpaired) electrons. The fourth-order valence-corrected chi connectivity index (χ4v) is 1.94. The van der Waals surface area contributed by atoms with Crippen LogP contribution in [-0.4, -0.2) is 9.97 Å². The van der Waals surface area contributed by atoms with Crippen LogP contribution in [0.3, 0.4) is 0 Å². The van der Waals surface area contributed by atoms with Crippen LogP contribution in [0.4, 0.5) is 4.39 Å². The molecule has 0 atom stereocenters. The van der Waals surface area contributed by atoms with E-state index in [0.717, 1.165) is 5.56 Å². The smallest absolute Gasteiger partial charge is 0.150 e. The molecule has 0 saturated heterocycles. The van der Waals surface area contributed by atoms with Crippen LogP contribution >= 0.6 is 11.6 Å². The van der Waals surface area contributed by atoms with Crippen molar-refractivity contribution in [3.63, 3.8) is 0 Å². The van der Waals surface area contributed by atoms with E-state index in [9.17, 15) is 4.39 Å². The van der Waals surface area contributed by atoms with Gasteiger partial charge in [0.25, 0.3) is 0 Å². The van der Waals surface area contributed by atoms with Gasteiger partial charge in [-0.2, -0.15) is 0 Å². The van der Waals surface area contributed by atoms with Crippen molar-refractivity contribution in [2.24, 2.45) is 0 Å². The van der Waals surface area contributed by atoms with Gasteiger partial charge in [-0.25, -0.2) is 9.37 Å². The number of aromatic amines is 1. The highest BCUT2D eigenvalue weighted by Gasteiger charge is 2.20. The van der Waals surface area contributed by atoms with Gasteiger partial charge in [0.2, 0.25) is 0 Å². The maximum absolute atomic E-state index is 13.3. The van der Waals surface area contributed by atoms with Gasteiger partial charge in [-0.15, -0.1) is 0 Å². The Morgan fingerprint density at radius 1 is 1.40 bits per heavy atom. The lowest BCUT2D eigenvalue weighted by Crippen LogP contribution is -2.12. The standard InChI is InChI=1S/C11H12ClFN2/c1-11(2,3)7-4-6-8(13)5-14-10(6)15-9(7)12/h4-5H,1-3H3,(H,14,15). The first kappa shape index (κ1) is 10.4.